The van der Waals surface area contributed by atoms with Crippen molar-refractivity contribution in [2.45, 2.75) is 6.92 Å². The zero-order chi connectivity index (χ0) is 19.8. The lowest BCUT2D eigenvalue weighted by molar-refractivity contribution is 0.102. The Hall–Kier alpha value is -2.60. The van der Waals surface area contributed by atoms with E-state index in [-0.39, 0.29) is 10.9 Å². The van der Waals surface area contributed by atoms with Gasteiger partial charge in [0.25, 0.3) is 5.91 Å². The van der Waals surface area contributed by atoms with Gasteiger partial charge in [-0.15, -0.1) is 10.2 Å². The molecule has 4 rings (SSSR count). The van der Waals surface area contributed by atoms with Gasteiger partial charge >= 0.3 is 0 Å². The van der Waals surface area contributed by atoms with Crippen LogP contribution in [-0.2, 0) is 0 Å². The number of hydrogen-bond acceptors (Lipinski definition) is 3. The molecule has 0 unspecified atom stereocenters. The molecule has 8 heteroatoms. The molecule has 0 radical (unpaired) electrons. The van der Waals surface area contributed by atoms with E-state index in [4.69, 9.17) is 34.8 Å². The Bertz CT molecular complexity index is 1200. The summed E-state index contributed by atoms with van der Waals surface area (Å²) in [6, 6.07) is 15.8. The summed E-state index contributed by atoms with van der Waals surface area (Å²) in [5, 5.41) is 13.0. The maximum absolute atomic E-state index is 12.6. The Balaban J connectivity index is 1.68. The molecule has 1 heterocycles. The molecule has 1 amide bonds. The predicted molar refractivity (Wildman–Crippen MR) is 113 cm³/mol. The number of carbonyl (C=O) groups is 1. The predicted octanol–water partition coefficient (Wildman–Crippen LogP) is 5.94. The van der Waals surface area contributed by atoms with Gasteiger partial charge in [-0.1, -0.05) is 40.9 Å². The van der Waals surface area contributed by atoms with Gasteiger partial charge in [-0.3, -0.25) is 4.79 Å². The summed E-state index contributed by atoms with van der Waals surface area (Å²) in [6.07, 6.45) is 0. The van der Waals surface area contributed by atoms with Crippen molar-refractivity contribution in [1.82, 2.24) is 15.0 Å². The number of halogens is 3. The molecule has 0 saturated carbocycles. The highest BCUT2D eigenvalue weighted by Crippen LogP contribution is 2.28. The van der Waals surface area contributed by atoms with Gasteiger partial charge in [-0.05, 0) is 61.0 Å². The molecule has 140 valence electrons. The number of nitrogens with zero attached hydrogens (tertiary/aromatic N) is 3. The van der Waals surface area contributed by atoms with Crippen molar-refractivity contribution in [3.8, 4) is 5.69 Å². The number of aryl methyl sites for hydroxylation is 1. The number of aromatic nitrogens is 3. The van der Waals surface area contributed by atoms with Crippen LogP contribution in [0.1, 0.15) is 15.9 Å². The molecule has 0 aliphatic rings. The molecule has 0 aliphatic heterocycles. The van der Waals surface area contributed by atoms with Crippen LogP contribution in [0.15, 0.2) is 54.6 Å². The highest BCUT2D eigenvalue weighted by Gasteiger charge is 2.15. The highest BCUT2D eigenvalue weighted by molar-refractivity contribution is 6.44. The van der Waals surface area contributed by atoms with Gasteiger partial charge in [0.05, 0.1) is 21.3 Å². The van der Waals surface area contributed by atoms with Gasteiger partial charge in [0.15, 0.2) is 0 Å². The minimum absolute atomic E-state index is 0.217. The fraction of sp³-hybridized carbons (Fsp3) is 0.0500. The Morgan fingerprint density at radius 2 is 1.64 bits per heavy atom. The van der Waals surface area contributed by atoms with Crippen LogP contribution in [0.3, 0.4) is 0 Å². The molecule has 1 aromatic heterocycles. The lowest BCUT2D eigenvalue weighted by Gasteiger charge is -2.09. The van der Waals surface area contributed by atoms with Crippen molar-refractivity contribution >= 4 is 57.4 Å². The molecule has 0 spiro atoms. The van der Waals surface area contributed by atoms with Crippen molar-refractivity contribution in [2.75, 3.05) is 5.32 Å². The summed E-state index contributed by atoms with van der Waals surface area (Å²) in [6.45, 7) is 1.88. The first-order valence-corrected chi connectivity index (χ1v) is 9.45. The van der Waals surface area contributed by atoms with Crippen molar-refractivity contribution in [2.24, 2.45) is 0 Å². The van der Waals surface area contributed by atoms with Crippen molar-refractivity contribution in [3.05, 3.63) is 80.8 Å². The lowest BCUT2D eigenvalue weighted by atomic mass is 10.1. The van der Waals surface area contributed by atoms with E-state index in [1.807, 2.05) is 25.1 Å². The number of fused-ring (bicyclic) bond motifs is 1. The maximum Gasteiger partial charge on any atom is 0.257 e. The Morgan fingerprint density at radius 3 is 2.36 bits per heavy atom. The number of anilines is 1. The van der Waals surface area contributed by atoms with Gasteiger partial charge in [0.2, 0.25) is 0 Å². The molecular weight excluding hydrogens is 419 g/mol. The summed E-state index contributed by atoms with van der Waals surface area (Å²) < 4.78 is 0. The SMILES string of the molecule is Cc1cc2nn(-c3ccc(Cl)cc3)nc2cc1NC(=O)c1cccc(Cl)c1Cl. The molecule has 0 atom stereocenters. The van der Waals surface area contributed by atoms with Crippen LogP contribution >= 0.6 is 34.8 Å². The molecule has 0 aliphatic carbocycles. The monoisotopic (exact) mass is 430 g/mol. The summed E-state index contributed by atoms with van der Waals surface area (Å²) in [5.41, 5.74) is 3.92. The van der Waals surface area contributed by atoms with Crippen LogP contribution in [-0.4, -0.2) is 20.9 Å². The van der Waals surface area contributed by atoms with Gasteiger partial charge in [-0.2, -0.15) is 4.80 Å². The largest absolute Gasteiger partial charge is 0.322 e. The summed E-state index contributed by atoms with van der Waals surface area (Å²) in [5.74, 6) is -0.347. The zero-order valence-corrected chi connectivity index (χ0v) is 16.8. The minimum Gasteiger partial charge on any atom is -0.322 e. The number of nitrogens with one attached hydrogen (secondary N) is 1. The second-order valence-corrected chi connectivity index (χ2v) is 7.40. The van der Waals surface area contributed by atoms with E-state index in [2.05, 4.69) is 15.5 Å². The molecule has 5 nitrogen and oxygen atoms in total. The van der Waals surface area contributed by atoms with E-state index >= 15 is 0 Å². The fourth-order valence-corrected chi connectivity index (χ4v) is 3.27. The van der Waals surface area contributed by atoms with E-state index in [0.717, 1.165) is 11.3 Å². The standard InChI is InChI=1S/C20H13Cl3N4O/c1-11-9-17-18(26-27(25-17)13-7-5-12(21)6-8-13)10-16(11)24-20(28)14-3-2-4-15(22)19(14)23/h2-10H,1H3,(H,24,28). The average molecular weight is 432 g/mol. The van der Waals surface area contributed by atoms with Gasteiger partial charge in [0.1, 0.15) is 11.0 Å². The van der Waals surface area contributed by atoms with Crippen LogP contribution in [0, 0.1) is 6.92 Å². The van der Waals surface area contributed by atoms with Crippen LogP contribution in [0.5, 0.6) is 0 Å². The third-order valence-corrected chi connectivity index (χ3v) is 5.30. The Labute approximate surface area is 175 Å². The molecule has 4 aromatic rings. The van der Waals surface area contributed by atoms with E-state index < -0.39 is 0 Å². The smallest absolute Gasteiger partial charge is 0.257 e. The molecule has 3 aromatic carbocycles. The van der Waals surface area contributed by atoms with Crippen LogP contribution in [0.25, 0.3) is 16.7 Å². The number of benzene rings is 3. The molecule has 0 fully saturated rings. The van der Waals surface area contributed by atoms with Crippen LogP contribution in [0.2, 0.25) is 15.1 Å². The quantitative estimate of drug-likeness (QED) is 0.436. The minimum atomic E-state index is -0.347. The molecule has 0 saturated heterocycles. The lowest BCUT2D eigenvalue weighted by Crippen LogP contribution is -2.13. The topological polar surface area (TPSA) is 59.8 Å². The average Bonchev–Trinajstić information content (AvgIpc) is 3.07. The third kappa shape index (κ3) is 3.56. The maximum atomic E-state index is 12.6. The number of amides is 1. The summed E-state index contributed by atoms with van der Waals surface area (Å²) >= 11 is 18.1. The van der Waals surface area contributed by atoms with E-state index in [9.17, 15) is 4.79 Å². The van der Waals surface area contributed by atoms with Crippen molar-refractivity contribution in [3.63, 3.8) is 0 Å². The van der Waals surface area contributed by atoms with E-state index in [1.165, 1.54) is 4.80 Å². The number of rotatable bonds is 3. The normalized spacial score (nSPS) is 11.0. The van der Waals surface area contributed by atoms with Crippen molar-refractivity contribution in [1.29, 1.82) is 0 Å². The zero-order valence-electron chi connectivity index (χ0n) is 14.6. The second-order valence-electron chi connectivity index (χ2n) is 6.18. The van der Waals surface area contributed by atoms with Gasteiger partial charge in [0, 0.05) is 10.7 Å². The second kappa shape index (κ2) is 7.43. The van der Waals surface area contributed by atoms with Crippen LogP contribution in [0.4, 0.5) is 5.69 Å². The first kappa shape index (κ1) is 18.7. The first-order chi connectivity index (χ1) is 13.4. The summed E-state index contributed by atoms with van der Waals surface area (Å²) in [7, 11) is 0. The first-order valence-electron chi connectivity index (χ1n) is 8.31. The van der Waals surface area contributed by atoms with Crippen molar-refractivity contribution < 1.29 is 4.79 Å². The van der Waals surface area contributed by atoms with Gasteiger partial charge < -0.3 is 5.32 Å². The molecule has 1 N–H and O–H groups in total. The third-order valence-electron chi connectivity index (χ3n) is 4.23. The highest BCUT2D eigenvalue weighted by atomic mass is 35.5. The molecule has 28 heavy (non-hydrogen) atoms. The fourth-order valence-electron chi connectivity index (χ4n) is 2.76. The summed E-state index contributed by atoms with van der Waals surface area (Å²) in [4.78, 5) is 14.2. The van der Waals surface area contributed by atoms with Crippen LogP contribution < -0.4 is 5.32 Å². The number of hydrogen-bond donors (Lipinski definition) is 1. The Morgan fingerprint density at radius 1 is 0.964 bits per heavy atom. The molecule has 0 bridgehead atoms. The Kier molecular flexibility index (Phi) is 4.98. The number of carbonyl (C=O) groups excluding carboxylic acids is 1. The molecular formula is C20H13Cl3N4O. The van der Waals surface area contributed by atoms with E-state index in [0.29, 0.717) is 32.3 Å². The van der Waals surface area contributed by atoms with E-state index in [1.54, 1.807) is 36.4 Å². The van der Waals surface area contributed by atoms with Gasteiger partial charge in [-0.25, -0.2) is 0 Å².